The Morgan fingerprint density at radius 2 is 2.20 bits per heavy atom. The van der Waals surface area contributed by atoms with Gasteiger partial charge in [0.15, 0.2) is 0 Å². The molecule has 0 amide bonds. The van der Waals surface area contributed by atoms with Crippen molar-refractivity contribution in [3.63, 3.8) is 0 Å². The maximum Gasteiger partial charge on any atom is 0.0439 e. The largest absolute Gasteiger partial charge is 0.144 e. The summed E-state index contributed by atoms with van der Waals surface area (Å²) >= 11 is 7.85. The zero-order valence-corrected chi connectivity index (χ0v) is 10.5. The van der Waals surface area contributed by atoms with E-state index in [0.29, 0.717) is 5.88 Å². The van der Waals surface area contributed by atoms with Gasteiger partial charge in [0.1, 0.15) is 0 Å². The Kier molecular flexibility index (Phi) is 4.28. The van der Waals surface area contributed by atoms with Crippen LogP contribution in [0.4, 0.5) is 0 Å². The first kappa shape index (κ1) is 11.2. The maximum atomic E-state index is 6.05. The highest BCUT2D eigenvalue weighted by Gasteiger charge is 2.17. The number of thiophene rings is 1. The van der Waals surface area contributed by atoms with Gasteiger partial charge >= 0.3 is 0 Å². The lowest BCUT2D eigenvalue weighted by Crippen LogP contribution is -2.09. The fourth-order valence-corrected chi connectivity index (χ4v) is 3.28. The van der Waals surface area contributed by atoms with Crippen LogP contribution in [0, 0.1) is 5.92 Å². The van der Waals surface area contributed by atoms with Crippen LogP contribution in [-0.4, -0.2) is 5.88 Å². The van der Waals surface area contributed by atoms with Crippen molar-refractivity contribution in [1.29, 1.82) is 0 Å². The number of hydrogen-bond acceptors (Lipinski definition) is 1. The monoisotopic (exact) mass is 240 g/mol. The van der Waals surface area contributed by atoms with E-state index in [-0.39, 0.29) is 0 Å². The minimum Gasteiger partial charge on any atom is -0.144 e. The van der Waals surface area contributed by atoms with E-state index in [1.165, 1.54) is 42.6 Å². The van der Waals surface area contributed by atoms with Gasteiger partial charge in [-0.3, -0.25) is 0 Å². The van der Waals surface area contributed by atoms with E-state index in [0.717, 1.165) is 5.92 Å². The minimum absolute atomic E-state index is 0.697. The quantitative estimate of drug-likeness (QED) is 0.656. The summed E-state index contributed by atoms with van der Waals surface area (Å²) < 4.78 is 0. The number of hydrogen-bond donors (Lipinski definition) is 0. The topological polar surface area (TPSA) is 0 Å². The van der Waals surface area contributed by atoms with Crippen molar-refractivity contribution in [2.45, 2.75) is 32.1 Å². The van der Waals surface area contributed by atoms with Crippen LogP contribution in [0.5, 0.6) is 0 Å². The maximum absolute atomic E-state index is 6.05. The van der Waals surface area contributed by atoms with E-state index >= 15 is 0 Å². The summed E-state index contributed by atoms with van der Waals surface area (Å²) in [6.45, 7) is 0. The van der Waals surface area contributed by atoms with Gasteiger partial charge in [0.2, 0.25) is 0 Å². The second-order valence-electron chi connectivity index (χ2n) is 4.20. The van der Waals surface area contributed by atoms with Crippen molar-refractivity contribution >= 4 is 29.0 Å². The highest BCUT2D eigenvalue weighted by molar-refractivity contribution is 7.10. The molecule has 0 bridgehead atoms. The molecular formula is C13H17ClS. The van der Waals surface area contributed by atoms with Gasteiger partial charge in [-0.1, -0.05) is 30.9 Å². The molecule has 1 fully saturated rings. The van der Waals surface area contributed by atoms with Crippen LogP contribution >= 0.6 is 22.9 Å². The lowest BCUT2D eigenvalue weighted by Gasteiger charge is -2.23. The lowest BCUT2D eigenvalue weighted by atomic mass is 9.84. The summed E-state index contributed by atoms with van der Waals surface area (Å²) in [6, 6.07) is 4.27. The Morgan fingerprint density at radius 3 is 2.80 bits per heavy atom. The van der Waals surface area contributed by atoms with Crippen molar-refractivity contribution < 1.29 is 0 Å². The molecular weight excluding hydrogens is 224 g/mol. The van der Waals surface area contributed by atoms with Crippen molar-refractivity contribution in [3.05, 3.63) is 28.0 Å². The first-order chi connectivity index (χ1) is 7.40. The van der Waals surface area contributed by atoms with E-state index in [4.69, 9.17) is 11.6 Å². The van der Waals surface area contributed by atoms with Gasteiger partial charge in [-0.25, -0.2) is 0 Å². The van der Waals surface area contributed by atoms with Crippen molar-refractivity contribution in [2.24, 2.45) is 5.92 Å². The summed E-state index contributed by atoms with van der Waals surface area (Å²) in [4.78, 5) is 1.34. The summed E-state index contributed by atoms with van der Waals surface area (Å²) in [5, 5.41) is 2.12. The molecule has 0 nitrogen and oxygen atoms in total. The predicted octanol–water partition coefficient (Wildman–Crippen LogP) is 4.95. The molecule has 0 aromatic carbocycles. The molecule has 1 aromatic rings. The molecule has 1 aromatic heterocycles. The molecule has 15 heavy (non-hydrogen) atoms. The zero-order chi connectivity index (χ0) is 10.5. The molecule has 82 valence electrons. The van der Waals surface area contributed by atoms with E-state index in [1.807, 2.05) is 0 Å². The molecule has 0 saturated heterocycles. The average molecular weight is 241 g/mol. The first-order valence-corrected chi connectivity index (χ1v) is 7.11. The molecule has 2 heteroatoms. The molecule has 1 heterocycles. The molecule has 2 rings (SSSR count). The van der Waals surface area contributed by atoms with Crippen LogP contribution in [0.15, 0.2) is 23.1 Å². The third kappa shape index (κ3) is 3.09. The van der Waals surface area contributed by atoms with Gasteiger partial charge in [0, 0.05) is 10.8 Å². The van der Waals surface area contributed by atoms with E-state index in [2.05, 4.69) is 23.6 Å². The van der Waals surface area contributed by atoms with Gasteiger partial charge in [0.25, 0.3) is 0 Å². The van der Waals surface area contributed by atoms with Gasteiger partial charge in [-0.05, 0) is 36.3 Å². The summed E-state index contributed by atoms with van der Waals surface area (Å²) in [5.74, 6) is 1.45. The molecule has 0 unspecified atom stereocenters. The Bertz CT molecular complexity index is 307. The van der Waals surface area contributed by atoms with Gasteiger partial charge in [0.05, 0.1) is 0 Å². The fourth-order valence-electron chi connectivity index (χ4n) is 2.30. The third-order valence-electron chi connectivity index (χ3n) is 3.15. The summed E-state index contributed by atoms with van der Waals surface area (Å²) in [7, 11) is 0. The van der Waals surface area contributed by atoms with Gasteiger partial charge in [-0.2, -0.15) is 0 Å². The smallest absolute Gasteiger partial charge is 0.0439 e. The number of allylic oxidation sites excluding steroid dienone is 1. The Morgan fingerprint density at radius 1 is 1.40 bits per heavy atom. The fraction of sp³-hybridized carbons (Fsp3) is 0.538. The average Bonchev–Trinajstić information content (AvgIpc) is 2.80. The van der Waals surface area contributed by atoms with E-state index in [1.54, 1.807) is 11.3 Å². The Hall–Kier alpha value is -0.270. The second kappa shape index (κ2) is 5.72. The van der Waals surface area contributed by atoms with Crippen molar-refractivity contribution in [2.75, 3.05) is 5.88 Å². The minimum atomic E-state index is 0.697. The van der Waals surface area contributed by atoms with Crippen LogP contribution in [0.2, 0.25) is 0 Å². The predicted molar refractivity (Wildman–Crippen MR) is 69.6 cm³/mol. The van der Waals surface area contributed by atoms with Crippen LogP contribution < -0.4 is 0 Å². The number of halogens is 1. The van der Waals surface area contributed by atoms with Crippen LogP contribution in [0.3, 0.4) is 0 Å². The molecule has 0 atom stereocenters. The van der Waals surface area contributed by atoms with E-state index in [9.17, 15) is 0 Å². The van der Waals surface area contributed by atoms with Crippen LogP contribution in [-0.2, 0) is 0 Å². The summed E-state index contributed by atoms with van der Waals surface area (Å²) in [6.07, 6.45) is 9.14. The highest BCUT2D eigenvalue weighted by Crippen LogP contribution is 2.31. The van der Waals surface area contributed by atoms with Crippen LogP contribution in [0.25, 0.3) is 6.08 Å². The first-order valence-electron chi connectivity index (χ1n) is 5.70. The number of alkyl halides is 1. The summed E-state index contributed by atoms with van der Waals surface area (Å²) in [5.41, 5.74) is 1.44. The zero-order valence-electron chi connectivity index (χ0n) is 8.92. The van der Waals surface area contributed by atoms with Crippen molar-refractivity contribution in [1.82, 2.24) is 0 Å². The Balaban J connectivity index is 2.08. The molecule has 1 saturated carbocycles. The third-order valence-corrected chi connectivity index (χ3v) is 4.28. The lowest BCUT2D eigenvalue weighted by molar-refractivity contribution is 0.405. The highest BCUT2D eigenvalue weighted by atomic mass is 35.5. The van der Waals surface area contributed by atoms with Crippen molar-refractivity contribution in [3.8, 4) is 0 Å². The molecule has 1 aliphatic rings. The molecule has 0 radical (unpaired) electrons. The standard InChI is InChI=1S/C13H17ClS/c14-10-12(9-13-7-4-8-15-13)11-5-2-1-3-6-11/h4,7-9,11H,1-3,5-6,10H2. The van der Waals surface area contributed by atoms with Gasteiger partial charge in [-0.15, -0.1) is 22.9 Å². The molecule has 0 aliphatic heterocycles. The van der Waals surface area contributed by atoms with Gasteiger partial charge < -0.3 is 0 Å². The SMILES string of the molecule is ClCC(=Cc1cccs1)C1CCCCC1. The normalized spacial score (nSPS) is 19.4. The molecule has 0 spiro atoms. The second-order valence-corrected chi connectivity index (χ2v) is 5.45. The molecule has 0 N–H and O–H groups in total. The Labute approximate surface area is 101 Å². The van der Waals surface area contributed by atoms with E-state index < -0.39 is 0 Å². The molecule has 1 aliphatic carbocycles. The number of rotatable bonds is 3. The van der Waals surface area contributed by atoms with Crippen LogP contribution in [0.1, 0.15) is 37.0 Å².